The van der Waals surface area contributed by atoms with Gasteiger partial charge in [-0.1, -0.05) is 27.7 Å². The Bertz CT molecular complexity index is 378. The molecule has 0 aliphatic rings. The number of hydrogen-bond acceptors (Lipinski definition) is 3. The number of rotatable bonds is 9. The highest BCUT2D eigenvalue weighted by Crippen LogP contribution is 2.28. The summed E-state index contributed by atoms with van der Waals surface area (Å²) in [6.07, 6.45) is 6.93. The quantitative estimate of drug-likeness (QED) is 0.756. The Balaban J connectivity index is 2.97. The summed E-state index contributed by atoms with van der Waals surface area (Å²) in [4.78, 5) is 7.01. The molecule has 4 nitrogen and oxygen atoms in total. The van der Waals surface area contributed by atoms with Crippen molar-refractivity contribution in [1.29, 1.82) is 0 Å². The molecule has 116 valence electrons. The molecule has 0 saturated heterocycles. The van der Waals surface area contributed by atoms with Gasteiger partial charge in [-0.2, -0.15) is 0 Å². The molecule has 20 heavy (non-hydrogen) atoms. The third-order valence-electron chi connectivity index (χ3n) is 4.85. The first-order chi connectivity index (χ1) is 9.59. The molecule has 4 heteroatoms. The van der Waals surface area contributed by atoms with Crippen molar-refractivity contribution in [1.82, 2.24) is 14.5 Å². The zero-order valence-corrected chi connectivity index (χ0v) is 13.9. The van der Waals surface area contributed by atoms with E-state index < -0.39 is 0 Å². The Hall–Kier alpha value is -0.870. The standard InChI is InChI=1S/C16H32N4/c1-6-16(7-2,20(9-4)10-5)14(17)13-15-18-11-12-19(15)8-3/h11-12,14H,6-10,13,17H2,1-5H3. The van der Waals surface area contributed by atoms with E-state index in [1.165, 1.54) is 0 Å². The Morgan fingerprint density at radius 2 is 1.80 bits per heavy atom. The van der Waals surface area contributed by atoms with E-state index >= 15 is 0 Å². The van der Waals surface area contributed by atoms with E-state index in [1.807, 2.05) is 12.4 Å². The van der Waals surface area contributed by atoms with Gasteiger partial charge in [0.2, 0.25) is 0 Å². The largest absolute Gasteiger partial charge is 0.335 e. The molecule has 0 aliphatic heterocycles. The van der Waals surface area contributed by atoms with Crippen molar-refractivity contribution >= 4 is 0 Å². The second-order valence-electron chi connectivity index (χ2n) is 5.42. The number of hydrogen-bond donors (Lipinski definition) is 1. The molecule has 0 radical (unpaired) electrons. The lowest BCUT2D eigenvalue weighted by atomic mass is 9.81. The fraction of sp³-hybridized carbons (Fsp3) is 0.812. The van der Waals surface area contributed by atoms with E-state index in [-0.39, 0.29) is 11.6 Å². The summed E-state index contributed by atoms with van der Waals surface area (Å²) < 4.78 is 2.19. The number of aromatic nitrogens is 2. The first-order valence-corrected chi connectivity index (χ1v) is 8.10. The van der Waals surface area contributed by atoms with Crippen molar-refractivity contribution in [3.63, 3.8) is 0 Å². The molecule has 0 bridgehead atoms. The zero-order chi connectivity index (χ0) is 15.2. The first-order valence-electron chi connectivity index (χ1n) is 8.10. The fourth-order valence-corrected chi connectivity index (χ4v) is 3.51. The van der Waals surface area contributed by atoms with Crippen molar-refractivity contribution in [2.45, 2.75) is 72.0 Å². The summed E-state index contributed by atoms with van der Waals surface area (Å²) in [5.74, 6) is 1.11. The molecule has 1 atom stereocenters. The van der Waals surface area contributed by atoms with Gasteiger partial charge in [-0.3, -0.25) is 4.90 Å². The Morgan fingerprint density at radius 1 is 1.20 bits per heavy atom. The second-order valence-corrected chi connectivity index (χ2v) is 5.42. The molecule has 0 aliphatic carbocycles. The smallest absolute Gasteiger partial charge is 0.110 e. The summed E-state index contributed by atoms with van der Waals surface area (Å²) >= 11 is 0. The lowest BCUT2D eigenvalue weighted by Gasteiger charge is -2.46. The van der Waals surface area contributed by atoms with Crippen LogP contribution in [0.3, 0.4) is 0 Å². The van der Waals surface area contributed by atoms with Crippen molar-refractivity contribution in [3.8, 4) is 0 Å². The lowest BCUT2D eigenvalue weighted by molar-refractivity contribution is 0.0619. The van der Waals surface area contributed by atoms with Crippen LogP contribution < -0.4 is 5.73 Å². The molecule has 0 saturated carbocycles. The molecular weight excluding hydrogens is 248 g/mol. The van der Waals surface area contributed by atoms with E-state index in [4.69, 9.17) is 5.73 Å². The molecular formula is C16H32N4. The van der Waals surface area contributed by atoms with Crippen LogP contribution >= 0.6 is 0 Å². The molecule has 1 aromatic heterocycles. The molecule has 0 spiro atoms. The van der Waals surface area contributed by atoms with Gasteiger partial charge in [0.25, 0.3) is 0 Å². The van der Waals surface area contributed by atoms with Crippen molar-refractivity contribution in [2.24, 2.45) is 5.73 Å². The van der Waals surface area contributed by atoms with Crippen molar-refractivity contribution < 1.29 is 0 Å². The monoisotopic (exact) mass is 280 g/mol. The molecule has 1 unspecified atom stereocenters. The van der Waals surface area contributed by atoms with E-state index in [2.05, 4.69) is 49.1 Å². The highest BCUT2D eigenvalue weighted by Gasteiger charge is 2.38. The fourth-order valence-electron chi connectivity index (χ4n) is 3.51. The van der Waals surface area contributed by atoms with Crippen LogP contribution in [-0.2, 0) is 13.0 Å². The highest BCUT2D eigenvalue weighted by molar-refractivity contribution is 5.04. The topological polar surface area (TPSA) is 47.1 Å². The third-order valence-corrected chi connectivity index (χ3v) is 4.85. The number of nitrogens with zero attached hydrogens (tertiary/aromatic N) is 3. The summed E-state index contributed by atoms with van der Waals surface area (Å²) in [6, 6.07) is 0.116. The van der Waals surface area contributed by atoms with Crippen LogP contribution in [0.1, 0.15) is 53.3 Å². The van der Waals surface area contributed by atoms with Gasteiger partial charge in [-0.25, -0.2) is 4.98 Å². The SMILES string of the molecule is CCN(CC)C(CC)(CC)C(N)Cc1nccn1CC. The summed E-state index contributed by atoms with van der Waals surface area (Å²) in [5.41, 5.74) is 6.72. The van der Waals surface area contributed by atoms with E-state index in [1.54, 1.807) is 0 Å². The van der Waals surface area contributed by atoms with Gasteiger partial charge in [0, 0.05) is 36.9 Å². The minimum absolute atomic E-state index is 0.0774. The number of likely N-dealkylation sites (N-methyl/N-ethyl adjacent to an activating group) is 1. The van der Waals surface area contributed by atoms with Gasteiger partial charge in [0.05, 0.1) is 0 Å². The van der Waals surface area contributed by atoms with Crippen LogP contribution in [0.4, 0.5) is 0 Å². The maximum absolute atomic E-state index is 6.65. The number of aryl methyl sites for hydroxylation is 1. The Labute approximate surface area is 124 Å². The molecule has 2 N–H and O–H groups in total. The predicted molar refractivity (Wildman–Crippen MR) is 85.8 cm³/mol. The molecule has 0 fully saturated rings. The summed E-state index contributed by atoms with van der Waals surface area (Å²) in [6.45, 7) is 14.2. The molecule has 1 aromatic rings. The molecule has 0 amide bonds. The van der Waals surface area contributed by atoms with E-state index in [0.29, 0.717) is 0 Å². The second kappa shape index (κ2) is 7.79. The average Bonchev–Trinajstić information content (AvgIpc) is 2.91. The van der Waals surface area contributed by atoms with Crippen LogP contribution in [0.2, 0.25) is 0 Å². The lowest BCUT2D eigenvalue weighted by Crippen LogP contribution is -2.60. The van der Waals surface area contributed by atoms with E-state index in [9.17, 15) is 0 Å². The van der Waals surface area contributed by atoms with E-state index in [0.717, 1.165) is 44.7 Å². The van der Waals surface area contributed by atoms with Gasteiger partial charge in [-0.05, 0) is 32.9 Å². The van der Waals surface area contributed by atoms with Crippen LogP contribution in [0.5, 0.6) is 0 Å². The number of nitrogens with two attached hydrogens (primary N) is 1. The molecule has 1 rings (SSSR count). The highest BCUT2D eigenvalue weighted by atomic mass is 15.2. The van der Waals surface area contributed by atoms with Crippen LogP contribution in [0.25, 0.3) is 0 Å². The van der Waals surface area contributed by atoms with Crippen LogP contribution in [-0.4, -0.2) is 39.1 Å². The Morgan fingerprint density at radius 3 is 2.25 bits per heavy atom. The van der Waals surface area contributed by atoms with Gasteiger partial charge < -0.3 is 10.3 Å². The first kappa shape index (κ1) is 17.2. The minimum atomic E-state index is 0.0774. The minimum Gasteiger partial charge on any atom is -0.335 e. The molecule has 0 aromatic carbocycles. The number of imidazole rings is 1. The predicted octanol–water partition coefficient (Wildman–Crippen LogP) is 2.67. The van der Waals surface area contributed by atoms with Crippen LogP contribution in [0.15, 0.2) is 12.4 Å². The van der Waals surface area contributed by atoms with Gasteiger partial charge in [-0.15, -0.1) is 0 Å². The van der Waals surface area contributed by atoms with Gasteiger partial charge >= 0.3 is 0 Å². The molecule has 1 heterocycles. The summed E-state index contributed by atoms with van der Waals surface area (Å²) in [5, 5.41) is 0. The van der Waals surface area contributed by atoms with Gasteiger partial charge in [0.1, 0.15) is 5.82 Å². The van der Waals surface area contributed by atoms with Crippen molar-refractivity contribution in [2.75, 3.05) is 13.1 Å². The normalized spacial score (nSPS) is 13.9. The zero-order valence-electron chi connectivity index (χ0n) is 13.9. The Kier molecular flexibility index (Phi) is 6.69. The van der Waals surface area contributed by atoms with Crippen LogP contribution in [0, 0.1) is 0 Å². The van der Waals surface area contributed by atoms with Crippen molar-refractivity contribution in [3.05, 3.63) is 18.2 Å². The maximum Gasteiger partial charge on any atom is 0.110 e. The summed E-state index contributed by atoms with van der Waals surface area (Å²) in [7, 11) is 0. The maximum atomic E-state index is 6.65. The third kappa shape index (κ3) is 3.23. The van der Waals surface area contributed by atoms with Gasteiger partial charge in [0.15, 0.2) is 0 Å². The average molecular weight is 280 g/mol.